The van der Waals surface area contributed by atoms with E-state index in [-0.39, 0.29) is 11.8 Å². The van der Waals surface area contributed by atoms with E-state index in [0.29, 0.717) is 16.8 Å². The van der Waals surface area contributed by atoms with Crippen LogP contribution in [-0.2, 0) is 12.8 Å². The van der Waals surface area contributed by atoms with Crippen molar-refractivity contribution in [2.24, 2.45) is 0 Å². The molecule has 0 bridgehead atoms. The zero-order valence-electron chi connectivity index (χ0n) is 13.2. The van der Waals surface area contributed by atoms with Crippen LogP contribution in [-0.4, -0.2) is 18.9 Å². The lowest BCUT2D eigenvalue weighted by molar-refractivity contribution is 0.0964. The number of rotatable bonds is 3. The van der Waals surface area contributed by atoms with Crippen LogP contribution in [0.4, 0.5) is 5.69 Å². The fourth-order valence-corrected chi connectivity index (χ4v) is 2.99. The van der Waals surface area contributed by atoms with Gasteiger partial charge in [0.25, 0.3) is 11.8 Å². The molecule has 4 nitrogen and oxygen atoms in total. The molecular weight excluding hydrogens is 288 g/mol. The molecule has 0 saturated carbocycles. The van der Waals surface area contributed by atoms with Crippen molar-refractivity contribution in [1.29, 1.82) is 0 Å². The monoisotopic (exact) mass is 308 g/mol. The number of aryl methyl sites for hydroxylation is 2. The predicted molar refractivity (Wildman–Crippen MR) is 90.9 cm³/mol. The first-order chi connectivity index (χ1) is 11.2. The molecule has 0 unspecified atom stereocenters. The summed E-state index contributed by atoms with van der Waals surface area (Å²) in [7, 11) is 1.57. The van der Waals surface area contributed by atoms with E-state index in [1.807, 2.05) is 18.2 Å². The van der Waals surface area contributed by atoms with Gasteiger partial charge in [0, 0.05) is 12.6 Å². The molecule has 118 valence electrons. The third-order valence-electron chi connectivity index (χ3n) is 4.26. The average Bonchev–Trinajstić information content (AvgIpc) is 2.61. The zero-order valence-corrected chi connectivity index (χ0v) is 13.2. The van der Waals surface area contributed by atoms with Gasteiger partial charge in [0.2, 0.25) is 0 Å². The van der Waals surface area contributed by atoms with Crippen molar-refractivity contribution in [2.75, 3.05) is 12.4 Å². The van der Waals surface area contributed by atoms with Crippen LogP contribution in [0.15, 0.2) is 42.5 Å². The van der Waals surface area contributed by atoms with Gasteiger partial charge in [0.1, 0.15) is 0 Å². The van der Waals surface area contributed by atoms with Crippen LogP contribution in [0.2, 0.25) is 0 Å². The average molecular weight is 308 g/mol. The fraction of sp³-hybridized carbons (Fsp3) is 0.263. The Kier molecular flexibility index (Phi) is 4.42. The maximum absolute atomic E-state index is 12.5. The second-order valence-electron chi connectivity index (χ2n) is 5.77. The van der Waals surface area contributed by atoms with Gasteiger partial charge in [-0.25, -0.2) is 0 Å². The van der Waals surface area contributed by atoms with Gasteiger partial charge in [0.05, 0.1) is 11.3 Å². The number of carbonyl (C=O) groups excluding carboxylic acids is 2. The molecular formula is C19H20N2O2. The minimum Gasteiger partial charge on any atom is -0.355 e. The van der Waals surface area contributed by atoms with Crippen molar-refractivity contribution in [3.05, 3.63) is 64.7 Å². The maximum atomic E-state index is 12.5. The van der Waals surface area contributed by atoms with Gasteiger partial charge in [-0.2, -0.15) is 0 Å². The fourth-order valence-electron chi connectivity index (χ4n) is 2.99. The molecule has 23 heavy (non-hydrogen) atoms. The number of hydrogen-bond acceptors (Lipinski definition) is 2. The summed E-state index contributed by atoms with van der Waals surface area (Å²) in [5.74, 6) is -0.402. The van der Waals surface area contributed by atoms with Crippen LogP contribution < -0.4 is 10.6 Å². The Morgan fingerprint density at radius 2 is 1.65 bits per heavy atom. The SMILES string of the molecule is CNC(=O)c1ccccc1NC(=O)c1ccc2c(c1)CCCC2. The third kappa shape index (κ3) is 3.26. The van der Waals surface area contributed by atoms with Gasteiger partial charge in [-0.1, -0.05) is 18.2 Å². The first kappa shape index (κ1) is 15.3. The summed E-state index contributed by atoms with van der Waals surface area (Å²) in [6.07, 6.45) is 4.53. The highest BCUT2D eigenvalue weighted by Gasteiger charge is 2.15. The minimum absolute atomic E-state index is 0.185. The number of para-hydroxylation sites is 1. The molecule has 2 aromatic rings. The molecule has 2 aromatic carbocycles. The van der Waals surface area contributed by atoms with Gasteiger partial charge >= 0.3 is 0 Å². The molecule has 0 saturated heterocycles. The van der Waals surface area contributed by atoms with Crippen molar-refractivity contribution < 1.29 is 9.59 Å². The molecule has 0 spiro atoms. The third-order valence-corrected chi connectivity index (χ3v) is 4.26. The highest BCUT2D eigenvalue weighted by molar-refractivity contribution is 6.09. The van der Waals surface area contributed by atoms with E-state index in [4.69, 9.17) is 0 Å². The molecule has 1 aliphatic carbocycles. The molecule has 0 atom stereocenters. The summed E-state index contributed by atoms with van der Waals surface area (Å²) in [5.41, 5.74) is 4.23. The second-order valence-corrected chi connectivity index (χ2v) is 5.77. The van der Waals surface area contributed by atoms with Crippen LogP contribution in [0.3, 0.4) is 0 Å². The van der Waals surface area contributed by atoms with E-state index in [1.165, 1.54) is 24.0 Å². The zero-order chi connectivity index (χ0) is 16.2. The number of anilines is 1. The highest BCUT2D eigenvalue weighted by atomic mass is 16.2. The van der Waals surface area contributed by atoms with Crippen molar-refractivity contribution in [1.82, 2.24) is 5.32 Å². The van der Waals surface area contributed by atoms with Gasteiger partial charge in [-0.3, -0.25) is 9.59 Å². The lowest BCUT2D eigenvalue weighted by Gasteiger charge is -2.16. The first-order valence-electron chi connectivity index (χ1n) is 7.93. The van der Waals surface area contributed by atoms with Crippen LogP contribution in [0, 0.1) is 0 Å². The molecule has 0 aromatic heterocycles. The van der Waals surface area contributed by atoms with Gasteiger partial charge in [0.15, 0.2) is 0 Å². The number of amides is 2. The Labute approximate surface area is 135 Å². The smallest absolute Gasteiger partial charge is 0.255 e. The van der Waals surface area contributed by atoms with E-state index in [1.54, 1.807) is 31.3 Å². The van der Waals surface area contributed by atoms with Gasteiger partial charge < -0.3 is 10.6 Å². The Hall–Kier alpha value is -2.62. The summed E-state index contributed by atoms with van der Waals surface area (Å²) in [6.45, 7) is 0. The lowest BCUT2D eigenvalue weighted by Crippen LogP contribution is -2.21. The van der Waals surface area contributed by atoms with E-state index in [9.17, 15) is 9.59 Å². The predicted octanol–water partition coefficient (Wildman–Crippen LogP) is 3.18. The van der Waals surface area contributed by atoms with Crippen LogP contribution in [0.5, 0.6) is 0 Å². The maximum Gasteiger partial charge on any atom is 0.255 e. The summed E-state index contributed by atoms with van der Waals surface area (Å²) < 4.78 is 0. The van der Waals surface area contributed by atoms with Crippen molar-refractivity contribution >= 4 is 17.5 Å². The summed E-state index contributed by atoms with van der Waals surface area (Å²) in [4.78, 5) is 24.4. The molecule has 2 N–H and O–H groups in total. The number of hydrogen-bond donors (Lipinski definition) is 2. The van der Waals surface area contributed by atoms with Gasteiger partial charge in [-0.05, 0) is 61.1 Å². The van der Waals surface area contributed by atoms with Crippen LogP contribution in [0.25, 0.3) is 0 Å². The Morgan fingerprint density at radius 3 is 2.43 bits per heavy atom. The Morgan fingerprint density at radius 1 is 0.913 bits per heavy atom. The Bertz CT molecular complexity index is 753. The van der Waals surface area contributed by atoms with E-state index < -0.39 is 0 Å². The number of carbonyl (C=O) groups is 2. The van der Waals surface area contributed by atoms with Crippen LogP contribution >= 0.6 is 0 Å². The number of nitrogens with one attached hydrogen (secondary N) is 2. The normalized spacial score (nSPS) is 13.1. The molecule has 0 fully saturated rings. The summed E-state index contributed by atoms with van der Waals surface area (Å²) >= 11 is 0. The highest BCUT2D eigenvalue weighted by Crippen LogP contribution is 2.23. The van der Waals surface area contributed by atoms with Crippen molar-refractivity contribution in [3.8, 4) is 0 Å². The molecule has 4 heteroatoms. The van der Waals surface area contributed by atoms with Gasteiger partial charge in [-0.15, -0.1) is 0 Å². The van der Waals surface area contributed by atoms with Crippen molar-refractivity contribution in [3.63, 3.8) is 0 Å². The molecule has 0 aliphatic heterocycles. The molecule has 1 aliphatic rings. The van der Waals surface area contributed by atoms with E-state index in [2.05, 4.69) is 10.6 Å². The molecule has 3 rings (SSSR count). The number of benzene rings is 2. The Balaban J connectivity index is 1.84. The van der Waals surface area contributed by atoms with Crippen molar-refractivity contribution in [2.45, 2.75) is 25.7 Å². The van der Waals surface area contributed by atoms with Crippen LogP contribution in [0.1, 0.15) is 44.7 Å². The first-order valence-corrected chi connectivity index (χ1v) is 7.93. The van der Waals surface area contributed by atoms with E-state index >= 15 is 0 Å². The summed E-state index contributed by atoms with van der Waals surface area (Å²) in [5, 5.41) is 5.43. The summed E-state index contributed by atoms with van der Waals surface area (Å²) in [6, 6.07) is 12.9. The topological polar surface area (TPSA) is 58.2 Å². The largest absolute Gasteiger partial charge is 0.355 e. The molecule has 2 amide bonds. The van der Waals surface area contributed by atoms with E-state index in [0.717, 1.165) is 12.8 Å². The lowest BCUT2D eigenvalue weighted by atomic mass is 9.90. The standard InChI is InChI=1S/C19H20N2O2/c1-20-19(23)16-8-4-5-9-17(16)21-18(22)15-11-10-13-6-2-3-7-14(13)12-15/h4-5,8-12H,2-3,6-7H2,1H3,(H,20,23)(H,21,22). The minimum atomic E-state index is -0.216. The molecule has 0 radical (unpaired) electrons. The quantitative estimate of drug-likeness (QED) is 0.915. The number of fused-ring (bicyclic) bond motifs is 1. The molecule has 0 heterocycles. The second kappa shape index (κ2) is 6.65.